The zero-order valence-corrected chi connectivity index (χ0v) is 44.6. The molecular formula is C64H54BBrN6O4. The summed E-state index contributed by atoms with van der Waals surface area (Å²) in [5, 5.41) is 4.84. The minimum Gasteiger partial charge on any atom is -0.439 e. The normalized spacial score (nSPS) is 13.5. The van der Waals surface area contributed by atoms with Gasteiger partial charge in [-0.15, -0.1) is 0 Å². The van der Waals surface area contributed by atoms with Crippen LogP contribution in [-0.2, 0) is 9.31 Å². The van der Waals surface area contributed by atoms with E-state index in [0.29, 0.717) is 11.8 Å². The van der Waals surface area contributed by atoms with E-state index in [1.54, 1.807) is 12.4 Å². The monoisotopic (exact) mass is 1060 g/mol. The lowest BCUT2D eigenvalue weighted by molar-refractivity contribution is 0.00578. The van der Waals surface area contributed by atoms with Crippen LogP contribution in [0.2, 0.25) is 0 Å². The summed E-state index contributed by atoms with van der Waals surface area (Å²) in [5.41, 5.74) is 9.39. The molecule has 0 radical (unpaired) electrons. The van der Waals surface area contributed by atoms with Crippen LogP contribution in [0.3, 0.4) is 0 Å². The second kappa shape index (κ2) is 21.1. The van der Waals surface area contributed by atoms with E-state index in [4.69, 9.17) is 18.8 Å². The smallest absolute Gasteiger partial charge is 0.439 e. The Kier molecular flexibility index (Phi) is 13.8. The Bertz CT molecular complexity index is 4020. The molecule has 10 nitrogen and oxygen atoms in total. The van der Waals surface area contributed by atoms with Crippen molar-refractivity contribution in [2.45, 2.75) is 52.7 Å². The zero-order chi connectivity index (χ0) is 52.4. The van der Waals surface area contributed by atoms with Crippen LogP contribution in [0.25, 0.3) is 66.4 Å². The summed E-state index contributed by atoms with van der Waals surface area (Å²) in [6.45, 7) is 12.5. The van der Waals surface area contributed by atoms with Crippen molar-refractivity contribution in [3.05, 3.63) is 235 Å². The largest absolute Gasteiger partial charge is 0.494 e. The molecule has 13 rings (SSSR count). The van der Waals surface area contributed by atoms with Crippen LogP contribution < -0.4 is 14.9 Å². The molecule has 1 aliphatic rings. The van der Waals surface area contributed by atoms with E-state index < -0.39 is 0 Å². The van der Waals surface area contributed by atoms with Crippen molar-refractivity contribution >= 4 is 72.1 Å². The second-order valence-corrected chi connectivity index (χ2v) is 20.6. The van der Waals surface area contributed by atoms with Crippen molar-refractivity contribution in [1.82, 2.24) is 29.1 Å². The fourth-order valence-corrected chi connectivity index (χ4v) is 9.75. The van der Waals surface area contributed by atoms with Gasteiger partial charge in [0.25, 0.3) is 0 Å². The van der Waals surface area contributed by atoms with Crippen LogP contribution in [0, 0.1) is 13.8 Å². The van der Waals surface area contributed by atoms with Crippen molar-refractivity contribution in [2.75, 3.05) is 0 Å². The quantitative estimate of drug-likeness (QED) is 0.139. The Morgan fingerprint density at radius 1 is 0.421 bits per heavy atom. The molecule has 0 bridgehead atoms. The Balaban J connectivity index is 0.000000131. The molecule has 0 aliphatic carbocycles. The first-order valence-corrected chi connectivity index (χ1v) is 26.0. The van der Waals surface area contributed by atoms with Gasteiger partial charge in [-0.25, -0.2) is 19.9 Å². The number of aromatic nitrogens is 6. The first kappa shape index (κ1) is 49.8. The Morgan fingerprint density at radius 3 is 1.45 bits per heavy atom. The van der Waals surface area contributed by atoms with Gasteiger partial charge in [0.1, 0.15) is 23.1 Å². The highest BCUT2D eigenvalue weighted by atomic mass is 79.9. The molecule has 1 aliphatic heterocycles. The van der Waals surface area contributed by atoms with Crippen LogP contribution in [-0.4, -0.2) is 47.4 Å². The first-order chi connectivity index (χ1) is 36.9. The second-order valence-electron chi connectivity index (χ2n) is 19.7. The maximum Gasteiger partial charge on any atom is 0.494 e. The molecule has 0 unspecified atom stereocenters. The molecule has 0 atom stereocenters. The predicted molar refractivity (Wildman–Crippen MR) is 311 cm³/mol. The molecule has 6 aromatic heterocycles. The standard InChI is InChI=1S/C29H21N3O.C24H25BN2O2.C11H8BrNO/c1-20-14-16-30-28(17-20)32-26-10-3-2-9-24(26)25-13-12-22(19-27(25)32)21-7-6-8-23(18-21)33-29-11-4-5-15-31-29;1-16-12-13-26-22(14-16)27-20-9-7-6-8-18(20)19-11-10-17(15-21(19)27)25-28-23(2,3)24(4,5)29-25;12-9-4-3-5-10(8-9)14-11-6-1-2-7-13-11/h2-19H,1H3;6-15H,1-5H3;1-8H. The van der Waals surface area contributed by atoms with Gasteiger partial charge in [0.05, 0.1) is 33.3 Å². The molecule has 6 aromatic carbocycles. The van der Waals surface area contributed by atoms with E-state index >= 15 is 0 Å². The molecule has 0 spiro atoms. The molecule has 374 valence electrons. The number of fused-ring (bicyclic) bond motifs is 6. The molecule has 12 aromatic rings. The topological polar surface area (TPSA) is 98.3 Å². The molecular weight excluding hydrogens is 1010 g/mol. The van der Waals surface area contributed by atoms with E-state index in [1.165, 1.54) is 32.7 Å². The molecule has 1 fully saturated rings. The highest BCUT2D eigenvalue weighted by Crippen LogP contribution is 2.39. The summed E-state index contributed by atoms with van der Waals surface area (Å²) < 4.78 is 29.5. The summed E-state index contributed by atoms with van der Waals surface area (Å²) in [5.74, 6) is 4.56. The summed E-state index contributed by atoms with van der Waals surface area (Å²) in [4.78, 5) is 17.7. The van der Waals surface area contributed by atoms with Crippen LogP contribution in [0.15, 0.2) is 223 Å². The Labute approximate surface area is 450 Å². The lowest BCUT2D eigenvalue weighted by Gasteiger charge is -2.32. The van der Waals surface area contributed by atoms with Crippen molar-refractivity contribution in [3.63, 3.8) is 0 Å². The fourth-order valence-electron chi connectivity index (χ4n) is 9.37. The number of aryl methyl sites for hydroxylation is 2. The van der Waals surface area contributed by atoms with Crippen molar-refractivity contribution in [3.8, 4) is 46.0 Å². The highest BCUT2D eigenvalue weighted by Gasteiger charge is 2.51. The van der Waals surface area contributed by atoms with Crippen molar-refractivity contribution < 1.29 is 18.8 Å². The summed E-state index contributed by atoms with van der Waals surface area (Å²) in [7, 11) is -0.388. The number of halogens is 1. The van der Waals surface area contributed by atoms with Gasteiger partial charge in [-0.2, -0.15) is 0 Å². The Morgan fingerprint density at radius 2 is 0.908 bits per heavy atom. The molecule has 12 heteroatoms. The fraction of sp³-hybridized carbons (Fsp3) is 0.125. The number of benzene rings is 6. The maximum absolute atomic E-state index is 6.29. The lowest BCUT2D eigenvalue weighted by atomic mass is 9.79. The predicted octanol–water partition coefficient (Wildman–Crippen LogP) is 15.8. The number of hydrogen-bond donors (Lipinski definition) is 0. The molecule has 0 saturated carbocycles. The van der Waals surface area contributed by atoms with E-state index in [0.717, 1.165) is 66.3 Å². The number of para-hydroxylation sites is 2. The molecule has 0 N–H and O–H groups in total. The third-order valence-electron chi connectivity index (χ3n) is 13.8. The summed E-state index contributed by atoms with van der Waals surface area (Å²) in [6, 6.07) is 65.3. The van der Waals surface area contributed by atoms with Crippen LogP contribution in [0.4, 0.5) is 0 Å². The van der Waals surface area contributed by atoms with Crippen molar-refractivity contribution in [1.29, 1.82) is 0 Å². The van der Waals surface area contributed by atoms with Gasteiger partial charge in [0, 0.05) is 62.9 Å². The average molecular weight is 1060 g/mol. The van der Waals surface area contributed by atoms with Crippen LogP contribution >= 0.6 is 15.9 Å². The van der Waals surface area contributed by atoms with Gasteiger partial charge in [0.15, 0.2) is 0 Å². The SMILES string of the molecule is Brc1cccc(Oc2ccccn2)c1.Cc1ccnc(-n2c3ccccc3c3ccc(-c4cccc(Oc5ccccn5)c4)cc32)c1.Cc1ccnc(-n2c3ccccc3c3ccc(B4OC(C)(C)C(C)(C)O4)cc32)c1. The van der Waals surface area contributed by atoms with E-state index in [9.17, 15) is 0 Å². The number of hydrogen-bond acceptors (Lipinski definition) is 8. The number of rotatable bonds is 8. The van der Waals surface area contributed by atoms with Gasteiger partial charge < -0.3 is 18.8 Å². The third kappa shape index (κ3) is 10.3. The maximum atomic E-state index is 6.29. The van der Waals surface area contributed by atoms with Crippen LogP contribution in [0.5, 0.6) is 23.3 Å². The van der Waals surface area contributed by atoms with E-state index in [-0.39, 0.29) is 18.3 Å². The van der Waals surface area contributed by atoms with Gasteiger partial charge >= 0.3 is 7.12 Å². The van der Waals surface area contributed by atoms with E-state index in [1.807, 2.05) is 103 Å². The number of nitrogens with zero attached hydrogens (tertiary/aromatic N) is 6. The summed E-state index contributed by atoms with van der Waals surface area (Å²) >= 11 is 3.38. The van der Waals surface area contributed by atoms with Gasteiger partial charge in [0.2, 0.25) is 11.8 Å². The third-order valence-corrected chi connectivity index (χ3v) is 14.3. The molecule has 76 heavy (non-hydrogen) atoms. The molecule has 7 heterocycles. The average Bonchev–Trinajstić information content (AvgIpc) is 4.16. The minimum atomic E-state index is -0.388. The Hall–Kier alpha value is -8.42. The van der Waals surface area contributed by atoms with Gasteiger partial charge in [-0.3, -0.25) is 9.13 Å². The zero-order valence-electron chi connectivity index (χ0n) is 43.1. The van der Waals surface area contributed by atoms with Gasteiger partial charge in [-0.05, 0) is 160 Å². The van der Waals surface area contributed by atoms with Gasteiger partial charge in [-0.1, -0.05) is 107 Å². The minimum absolute atomic E-state index is 0.364. The molecule has 0 amide bonds. The highest BCUT2D eigenvalue weighted by molar-refractivity contribution is 9.10. The number of pyridine rings is 4. The van der Waals surface area contributed by atoms with Crippen LogP contribution in [0.1, 0.15) is 38.8 Å². The van der Waals surface area contributed by atoms with Crippen molar-refractivity contribution in [2.24, 2.45) is 0 Å². The molecule has 1 saturated heterocycles. The van der Waals surface area contributed by atoms with E-state index in [2.05, 4.69) is 190 Å². The lowest BCUT2D eigenvalue weighted by Crippen LogP contribution is -2.41. The first-order valence-electron chi connectivity index (χ1n) is 25.2. The summed E-state index contributed by atoms with van der Waals surface area (Å²) in [6.07, 6.45) is 7.16. The number of ether oxygens (including phenoxy) is 2.